The first-order valence-electron chi connectivity index (χ1n) is 7.67. The van der Waals surface area contributed by atoms with Crippen molar-refractivity contribution in [1.29, 1.82) is 0 Å². The van der Waals surface area contributed by atoms with E-state index in [1.54, 1.807) is 6.92 Å². The number of carbonyl (C=O) groups is 1. The Morgan fingerprint density at radius 1 is 1.08 bits per heavy atom. The molecule has 0 saturated heterocycles. The van der Waals surface area contributed by atoms with Gasteiger partial charge in [-0.05, 0) is 12.5 Å². The summed E-state index contributed by atoms with van der Waals surface area (Å²) in [5.74, 6) is -0.367. The van der Waals surface area contributed by atoms with Crippen molar-refractivity contribution in [2.75, 3.05) is 6.61 Å². The third kappa shape index (κ3) is 3.52. The second kappa shape index (κ2) is 7.64. The Bertz CT molecular complexity index is 759. The minimum Gasteiger partial charge on any atom is -0.465 e. The molecule has 0 N–H and O–H groups in total. The molecule has 0 saturated carbocycles. The Morgan fingerprint density at radius 3 is 2.25 bits per heavy atom. The maximum atomic E-state index is 12.0. The van der Waals surface area contributed by atoms with E-state index < -0.39 is 5.25 Å². The minimum absolute atomic E-state index is 0.332. The molecule has 0 bridgehead atoms. The van der Waals surface area contributed by atoms with Gasteiger partial charge in [-0.1, -0.05) is 60.7 Å². The van der Waals surface area contributed by atoms with Crippen LogP contribution in [0.4, 0.5) is 0 Å². The quantitative estimate of drug-likeness (QED) is 0.516. The highest BCUT2D eigenvalue weighted by Gasteiger charge is 2.24. The molecule has 122 valence electrons. The summed E-state index contributed by atoms with van der Waals surface area (Å²) in [5, 5.41) is -0.0237. The molecule has 1 heterocycles. The number of thiazole rings is 1. The van der Waals surface area contributed by atoms with Gasteiger partial charge in [0.05, 0.1) is 17.2 Å². The van der Waals surface area contributed by atoms with Crippen LogP contribution < -0.4 is 0 Å². The van der Waals surface area contributed by atoms with E-state index in [9.17, 15) is 4.79 Å². The van der Waals surface area contributed by atoms with E-state index in [-0.39, 0.29) is 5.97 Å². The van der Waals surface area contributed by atoms with Crippen LogP contribution >= 0.6 is 24.0 Å². The molecular formula is C19H17NO2S2. The van der Waals surface area contributed by atoms with Gasteiger partial charge in [0.25, 0.3) is 0 Å². The van der Waals surface area contributed by atoms with Crippen LogP contribution in [0, 0.1) is 0 Å². The Kier molecular flexibility index (Phi) is 5.33. The predicted molar refractivity (Wildman–Crippen MR) is 101 cm³/mol. The summed E-state index contributed by atoms with van der Waals surface area (Å²) >= 11 is 5.89. The Labute approximate surface area is 150 Å². The maximum Gasteiger partial charge on any atom is 0.325 e. The van der Waals surface area contributed by atoms with E-state index in [1.165, 1.54) is 11.3 Å². The van der Waals surface area contributed by atoms with Crippen molar-refractivity contribution >= 4 is 29.9 Å². The van der Waals surface area contributed by atoms with Crippen molar-refractivity contribution in [1.82, 2.24) is 4.98 Å². The summed E-state index contributed by atoms with van der Waals surface area (Å²) in [7, 11) is 0. The smallest absolute Gasteiger partial charge is 0.325 e. The molecule has 3 nitrogen and oxygen atoms in total. The lowest BCUT2D eigenvalue weighted by Gasteiger charge is -2.05. The third-order valence-electron chi connectivity index (χ3n) is 3.47. The van der Waals surface area contributed by atoms with Crippen LogP contribution in [0.2, 0.25) is 0 Å². The summed E-state index contributed by atoms with van der Waals surface area (Å²) in [6, 6.07) is 20.0. The van der Waals surface area contributed by atoms with E-state index >= 15 is 0 Å². The number of carbonyl (C=O) groups excluding carboxylic acids is 1. The van der Waals surface area contributed by atoms with Gasteiger partial charge in [0.2, 0.25) is 0 Å². The average Bonchev–Trinajstić information content (AvgIpc) is 3.08. The van der Waals surface area contributed by atoms with Crippen LogP contribution in [-0.2, 0) is 9.53 Å². The number of rotatable bonds is 5. The van der Waals surface area contributed by atoms with Gasteiger partial charge in [0.15, 0.2) is 5.25 Å². The van der Waals surface area contributed by atoms with Crippen LogP contribution in [0.1, 0.15) is 17.2 Å². The molecular weight excluding hydrogens is 338 g/mol. The van der Waals surface area contributed by atoms with E-state index in [0.717, 1.165) is 21.7 Å². The van der Waals surface area contributed by atoms with Crippen LogP contribution in [0.5, 0.6) is 0 Å². The van der Waals surface area contributed by atoms with E-state index in [4.69, 9.17) is 9.72 Å². The highest BCUT2D eigenvalue weighted by Crippen LogP contribution is 2.40. The monoisotopic (exact) mass is 355 g/mol. The average molecular weight is 355 g/mol. The van der Waals surface area contributed by atoms with Gasteiger partial charge in [-0.3, -0.25) is 4.79 Å². The number of ether oxygens (including phenoxy) is 1. The third-order valence-corrected chi connectivity index (χ3v) is 5.27. The largest absolute Gasteiger partial charge is 0.465 e. The minimum atomic E-state index is -0.671. The first kappa shape index (κ1) is 16.7. The fraction of sp³-hybridized carbons (Fsp3) is 0.158. The number of esters is 1. The molecule has 3 aromatic rings. The van der Waals surface area contributed by atoms with Crippen molar-refractivity contribution in [2.45, 2.75) is 12.2 Å². The van der Waals surface area contributed by atoms with E-state index in [2.05, 4.69) is 12.6 Å². The Hall–Kier alpha value is -2.11. The lowest BCUT2D eigenvalue weighted by atomic mass is 10.1. The van der Waals surface area contributed by atoms with Gasteiger partial charge in [-0.2, -0.15) is 12.6 Å². The van der Waals surface area contributed by atoms with Crippen LogP contribution in [0.3, 0.4) is 0 Å². The van der Waals surface area contributed by atoms with Gasteiger partial charge in [0.1, 0.15) is 5.01 Å². The molecule has 3 rings (SSSR count). The Balaban J connectivity index is 2.08. The number of benzene rings is 2. The van der Waals surface area contributed by atoms with Gasteiger partial charge in [0, 0.05) is 5.56 Å². The topological polar surface area (TPSA) is 39.2 Å². The molecule has 0 fully saturated rings. The van der Waals surface area contributed by atoms with E-state index in [0.29, 0.717) is 11.6 Å². The normalized spacial score (nSPS) is 11.9. The number of hydrogen-bond donors (Lipinski definition) is 1. The lowest BCUT2D eigenvalue weighted by molar-refractivity contribution is -0.142. The lowest BCUT2D eigenvalue weighted by Crippen LogP contribution is -2.10. The maximum absolute atomic E-state index is 12.0. The summed E-state index contributed by atoms with van der Waals surface area (Å²) in [5.41, 5.74) is 2.96. The first-order chi connectivity index (χ1) is 11.7. The molecule has 1 aromatic heterocycles. The fourth-order valence-corrected chi connectivity index (χ4v) is 3.71. The van der Waals surface area contributed by atoms with Gasteiger partial charge in [-0.25, -0.2) is 4.98 Å². The molecule has 0 amide bonds. The van der Waals surface area contributed by atoms with Crippen molar-refractivity contribution in [3.05, 3.63) is 65.7 Å². The molecule has 0 aliphatic rings. The van der Waals surface area contributed by atoms with Gasteiger partial charge >= 0.3 is 5.97 Å². The molecule has 1 atom stereocenters. The van der Waals surface area contributed by atoms with Gasteiger partial charge < -0.3 is 4.74 Å². The summed E-state index contributed by atoms with van der Waals surface area (Å²) < 4.78 is 5.07. The second-order valence-electron chi connectivity index (χ2n) is 5.12. The fourth-order valence-electron chi connectivity index (χ4n) is 2.35. The number of thiol groups is 1. The molecule has 0 aliphatic heterocycles. The zero-order chi connectivity index (χ0) is 16.9. The molecule has 24 heavy (non-hydrogen) atoms. The summed E-state index contributed by atoms with van der Waals surface area (Å²) in [6.45, 7) is 2.11. The van der Waals surface area contributed by atoms with Crippen LogP contribution in [0.15, 0.2) is 60.7 Å². The van der Waals surface area contributed by atoms with Crippen molar-refractivity contribution in [3.8, 4) is 21.7 Å². The number of hydrogen-bond acceptors (Lipinski definition) is 5. The number of aromatic nitrogens is 1. The molecule has 0 aliphatic carbocycles. The van der Waals surface area contributed by atoms with Crippen LogP contribution in [0.25, 0.3) is 21.7 Å². The highest BCUT2D eigenvalue weighted by atomic mass is 32.1. The SMILES string of the molecule is CCOC(=O)C(S)c1nc(-c2ccccc2)c(-c2ccccc2)s1. The standard InChI is InChI=1S/C19H17NO2S2/c1-2-22-19(21)16(23)18-20-15(13-9-5-3-6-10-13)17(24-18)14-11-7-4-8-12-14/h3-12,16,23H,2H2,1H3. The van der Waals surface area contributed by atoms with Crippen molar-refractivity contribution in [3.63, 3.8) is 0 Å². The molecule has 1 unspecified atom stereocenters. The zero-order valence-corrected chi connectivity index (χ0v) is 14.9. The molecule has 0 spiro atoms. The molecule has 5 heteroatoms. The van der Waals surface area contributed by atoms with Gasteiger partial charge in [-0.15, -0.1) is 11.3 Å². The molecule has 0 radical (unpaired) electrons. The molecule has 2 aromatic carbocycles. The summed E-state index contributed by atoms with van der Waals surface area (Å²) in [6.07, 6.45) is 0. The second-order valence-corrected chi connectivity index (χ2v) is 6.66. The first-order valence-corrected chi connectivity index (χ1v) is 9.00. The van der Waals surface area contributed by atoms with E-state index in [1.807, 2.05) is 60.7 Å². The number of nitrogens with zero attached hydrogens (tertiary/aromatic N) is 1. The predicted octanol–water partition coefficient (Wildman–Crippen LogP) is 5.01. The highest BCUT2D eigenvalue weighted by molar-refractivity contribution is 7.81. The zero-order valence-electron chi connectivity index (χ0n) is 13.2. The Morgan fingerprint density at radius 2 is 1.67 bits per heavy atom. The summed E-state index contributed by atoms with van der Waals surface area (Å²) in [4.78, 5) is 17.7. The van der Waals surface area contributed by atoms with Crippen molar-refractivity contribution in [2.24, 2.45) is 0 Å². The van der Waals surface area contributed by atoms with Crippen molar-refractivity contribution < 1.29 is 9.53 Å². The van der Waals surface area contributed by atoms with Crippen LogP contribution in [-0.4, -0.2) is 17.6 Å².